The molecule has 176 valence electrons. The lowest BCUT2D eigenvalue weighted by Crippen LogP contribution is -2.26. The summed E-state index contributed by atoms with van der Waals surface area (Å²) >= 11 is 19.4. The number of thiophene rings is 1. The monoisotopic (exact) mass is 554 g/mol. The number of nitrogens with zero attached hydrogens (tertiary/aromatic N) is 1. The van der Waals surface area contributed by atoms with E-state index in [0.717, 1.165) is 14.4 Å². The highest BCUT2D eigenvalue weighted by atomic mass is 35.5. The Morgan fingerprint density at radius 3 is 2.41 bits per heavy atom. The van der Waals surface area contributed by atoms with Gasteiger partial charge in [0.15, 0.2) is 0 Å². The number of hydrogen-bond acceptors (Lipinski definition) is 5. The van der Waals surface area contributed by atoms with Crippen molar-refractivity contribution in [2.24, 2.45) is 0 Å². The molecule has 11 heteroatoms. The van der Waals surface area contributed by atoms with Gasteiger partial charge in [-0.3, -0.25) is 9.10 Å². The first-order chi connectivity index (χ1) is 16.1. The van der Waals surface area contributed by atoms with Gasteiger partial charge in [-0.05, 0) is 66.0 Å². The Hall–Kier alpha value is -2.49. The molecule has 3 aromatic carbocycles. The third kappa shape index (κ3) is 4.82. The number of rotatable bonds is 6. The van der Waals surface area contributed by atoms with Crippen LogP contribution in [0.3, 0.4) is 0 Å². The van der Waals surface area contributed by atoms with Crippen molar-refractivity contribution in [3.8, 4) is 5.75 Å². The number of nitrogens with one attached hydrogen (secondary N) is 1. The van der Waals surface area contributed by atoms with Crippen molar-refractivity contribution in [2.45, 2.75) is 4.90 Å². The highest BCUT2D eigenvalue weighted by Crippen LogP contribution is 2.34. The molecule has 0 aliphatic heterocycles. The zero-order valence-electron chi connectivity index (χ0n) is 17.8. The fraction of sp³-hybridized carbons (Fsp3) is 0.0870. The van der Waals surface area contributed by atoms with E-state index < -0.39 is 10.0 Å². The third-order valence-electron chi connectivity index (χ3n) is 5.05. The van der Waals surface area contributed by atoms with Crippen LogP contribution in [0.15, 0.2) is 65.6 Å². The molecule has 0 aliphatic rings. The average molecular weight is 556 g/mol. The maximum Gasteiger partial charge on any atom is 0.265 e. The number of amides is 1. The van der Waals surface area contributed by atoms with E-state index >= 15 is 0 Å². The van der Waals surface area contributed by atoms with Gasteiger partial charge >= 0.3 is 0 Å². The second-order valence-electron chi connectivity index (χ2n) is 7.18. The zero-order chi connectivity index (χ0) is 24.6. The molecule has 1 aromatic heterocycles. The molecule has 0 bridgehead atoms. The van der Waals surface area contributed by atoms with Crippen LogP contribution in [-0.2, 0) is 10.0 Å². The van der Waals surface area contributed by atoms with Crippen molar-refractivity contribution < 1.29 is 17.9 Å². The predicted octanol–water partition coefficient (Wildman–Crippen LogP) is 6.95. The molecule has 34 heavy (non-hydrogen) atoms. The van der Waals surface area contributed by atoms with Gasteiger partial charge < -0.3 is 10.1 Å². The highest BCUT2D eigenvalue weighted by molar-refractivity contribution is 7.92. The molecular formula is C23H17Cl3N2O4S2. The minimum Gasteiger partial charge on any atom is -0.495 e. The number of ether oxygens (including phenoxy) is 1. The van der Waals surface area contributed by atoms with E-state index in [4.69, 9.17) is 39.5 Å². The number of hydrogen-bond donors (Lipinski definition) is 1. The Labute approximate surface area is 215 Å². The van der Waals surface area contributed by atoms with Gasteiger partial charge in [-0.25, -0.2) is 8.42 Å². The van der Waals surface area contributed by atoms with Crippen molar-refractivity contribution in [1.82, 2.24) is 0 Å². The van der Waals surface area contributed by atoms with Crippen LogP contribution in [0.5, 0.6) is 5.75 Å². The van der Waals surface area contributed by atoms with Crippen molar-refractivity contribution in [1.29, 1.82) is 0 Å². The topological polar surface area (TPSA) is 75.7 Å². The average Bonchev–Trinajstić information content (AvgIpc) is 3.24. The van der Waals surface area contributed by atoms with Crippen molar-refractivity contribution in [2.75, 3.05) is 23.8 Å². The quantitative estimate of drug-likeness (QED) is 0.279. The van der Waals surface area contributed by atoms with Crippen LogP contribution in [0, 0.1) is 0 Å². The SMILES string of the molecule is COc1ccc(S(=O)(=O)N(C)c2ccc3sc(C(=O)Nc4ccc(Cl)cc4Cl)cc3c2)cc1Cl. The number of anilines is 2. The third-order valence-corrected chi connectivity index (χ3v) is 8.79. The number of halogens is 3. The number of benzene rings is 3. The van der Waals surface area contributed by atoms with E-state index in [-0.39, 0.29) is 15.8 Å². The Kier molecular flexibility index (Phi) is 6.98. The van der Waals surface area contributed by atoms with Crippen LogP contribution in [0.2, 0.25) is 15.1 Å². The summed E-state index contributed by atoms with van der Waals surface area (Å²) in [7, 11) is -0.965. The normalized spacial score (nSPS) is 11.4. The van der Waals surface area contributed by atoms with E-state index in [2.05, 4.69) is 5.32 Å². The van der Waals surface area contributed by atoms with Gasteiger partial charge in [0.1, 0.15) is 5.75 Å². The summed E-state index contributed by atoms with van der Waals surface area (Å²) in [6.45, 7) is 0. The van der Waals surface area contributed by atoms with Crippen molar-refractivity contribution in [3.05, 3.63) is 80.6 Å². The van der Waals surface area contributed by atoms with Gasteiger partial charge in [-0.15, -0.1) is 11.3 Å². The first-order valence-electron chi connectivity index (χ1n) is 9.72. The molecular weight excluding hydrogens is 539 g/mol. The summed E-state index contributed by atoms with van der Waals surface area (Å²) in [4.78, 5) is 13.2. The molecule has 0 saturated carbocycles. The number of sulfonamides is 1. The van der Waals surface area contributed by atoms with Gasteiger partial charge in [-0.2, -0.15) is 0 Å². The van der Waals surface area contributed by atoms with Crippen molar-refractivity contribution >= 4 is 83.5 Å². The molecule has 0 aliphatic carbocycles. The number of carbonyl (C=O) groups is 1. The number of fused-ring (bicyclic) bond motifs is 1. The Morgan fingerprint density at radius 2 is 1.74 bits per heavy atom. The van der Waals surface area contributed by atoms with Crippen LogP contribution >= 0.6 is 46.1 Å². The van der Waals surface area contributed by atoms with E-state index in [1.54, 1.807) is 42.5 Å². The number of methoxy groups -OCH3 is 1. The molecule has 0 unspecified atom stereocenters. The zero-order valence-corrected chi connectivity index (χ0v) is 21.7. The van der Waals surface area contributed by atoms with Crippen LogP contribution in [0.1, 0.15) is 9.67 Å². The summed E-state index contributed by atoms with van der Waals surface area (Å²) in [5, 5.41) is 4.48. The Morgan fingerprint density at radius 1 is 0.971 bits per heavy atom. The Balaban J connectivity index is 1.61. The van der Waals surface area contributed by atoms with Crippen LogP contribution < -0.4 is 14.4 Å². The lowest BCUT2D eigenvalue weighted by molar-refractivity contribution is 0.103. The molecule has 0 fully saturated rings. The molecule has 1 heterocycles. The van der Waals surface area contributed by atoms with E-state index in [0.29, 0.717) is 32.0 Å². The molecule has 1 N–H and O–H groups in total. The molecule has 0 radical (unpaired) electrons. The maximum absolute atomic E-state index is 13.1. The standard InChI is InChI=1S/C23H17Cl3N2O4S2/c1-28(34(30,31)16-5-7-20(32-2)18(26)12-16)15-4-8-21-13(9-15)10-22(33-21)23(29)27-19-6-3-14(24)11-17(19)25/h3-12H,1-2H3,(H,27,29). The minimum atomic E-state index is -3.87. The highest BCUT2D eigenvalue weighted by Gasteiger charge is 2.23. The van der Waals surface area contributed by atoms with Gasteiger partial charge in [0.2, 0.25) is 0 Å². The molecule has 1 amide bonds. The van der Waals surface area contributed by atoms with Crippen LogP contribution in [0.25, 0.3) is 10.1 Å². The molecule has 0 spiro atoms. The fourth-order valence-electron chi connectivity index (χ4n) is 3.22. The predicted molar refractivity (Wildman–Crippen MR) is 140 cm³/mol. The molecule has 6 nitrogen and oxygen atoms in total. The first-order valence-corrected chi connectivity index (χ1v) is 13.1. The van der Waals surface area contributed by atoms with E-state index in [1.165, 1.54) is 43.7 Å². The molecule has 0 saturated heterocycles. The number of carbonyl (C=O) groups excluding carboxylic acids is 1. The van der Waals surface area contributed by atoms with E-state index in [1.807, 2.05) is 0 Å². The molecule has 0 atom stereocenters. The minimum absolute atomic E-state index is 0.0334. The Bertz CT molecular complexity index is 1520. The summed E-state index contributed by atoms with van der Waals surface area (Å²) in [6.07, 6.45) is 0. The largest absolute Gasteiger partial charge is 0.495 e. The maximum atomic E-state index is 13.1. The lowest BCUT2D eigenvalue weighted by Gasteiger charge is -2.20. The molecule has 4 aromatic rings. The van der Waals surface area contributed by atoms with E-state index in [9.17, 15) is 13.2 Å². The first kappa shape index (κ1) is 24.6. The van der Waals surface area contributed by atoms with Crippen LogP contribution in [-0.4, -0.2) is 28.5 Å². The molecule has 4 rings (SSSR count). The smallest absolute Gasteiger partial charge is 0.265 e. The van der Waals surface area contributed by atoms with Gasteiger partial charge in [0.05, 0.1) is 38.3 Å². The van der Waals surface area contributed by atoms with Crippen LogP contribution in [0.4, 0.5) is 11.4 Å². The summed E-state index contributed by atoms with van der Waals surface area (Å²) < 4.78 is 33.4. The van der Waals surface area contributed by atoms with Crippen molar-refractivity contribution in [3.63, 3.8) is 0 Å². The van der Waals surface area contributed by atoms with Gasteiger partial charge in [0.25, 0.3) is 15.9 Å². The second-order valence-corrected chi connectivity index (χ2v) is 11.5. The fourth-order valence-corrected chi connectivity index (χ4v) is 6.15. The second kappa shape index (κ2) is 9.64. The summed E-state index contributed by atoms with van der Waals surface area (Å²) in [5.41, 5.74) is 0.878. The van der Waals surface area contributed by atoms with Gasteiger partial charge in [0, 0.05) is 16.8 Å². The lowest BCUT2D eigenvalue weighted by atomic mass is 10.2. The summed E-state index contributed by atoms with van der Waals surface area (Å²) in [6, 6.07) is 15.9. The summed E-state index contributed by atoms with van der Waals surface area (Å²) in [5.74, 6) is 0.0504. The van der Waals surface area contributed by atoms with Gasteiger partial charge in [-0.1, -0.05) is 34.8 Å².